The molecule has 0 heterocycles. The molecule has 0 saturated heterocycles. The molecular formula is C5H12O2S. The summed E-state index contributed by atoms with van der Waals surface area (Å²) in [5.74, 6) is -0.209. The molecule has 0 aliphatic carbocycles. The normalized spacial score (nSPS) is 13.2. The zero-order valence-corrected chi connectivity index (χ0v) is 5.86. The summed E-state index contributed by atoms with van der Waals surface area (Å²) < 4.78 is 0. The second kappa shape index (κ2) is 3.78. The van der Waals surface area contributed by atoms with E-state index in [1.807, 2.05) is 6.26 Å². The smallest absolute Gasteiger partial charge is 0.307 e. The van der Waals surface area contributed by atoms with Crippen molar-refractivity contribution in [1.29, 1.82) is 0 Å². The third-order valence-corrected chi connectivity index (χ3v) is 1.67. The van der Waals surface area contributed by atoms with Crippen LogP contribution in [0.3, 0.4) is 0 Å². The Bertz CT molecular complexity index is 87.0. The number of thioether (sulfide) groups is 1. The van der Waals surface area contributed by atoms with Crippen LogP contribution in [-0.4, -0.2) is 23.1 Å². The minimum Gasteiger partial charge on any atom is -0.481 e. The van der Waals surface area contributed by atoms with E-state index in [0.29, 0.717) is 5.75 Å². The first-order chi connectivity index (χ1) is 3.68. The average molecular weight is 136 g/mol. The van der Waals surface area contributed by atoms with Crippen LogP contribution in [0.25, 0.3) is 0 Å². The molecule has 0 radical (unpaired) electrons. The topological polar surface area (TPSA) is 37.3 Å². The fourth-order valence-electron chi connectivity index (χ4n) is 0.321. The number of aliphatic carboxylic acids is 1. The van der Waals surface area contributed by atoms with Gasteiger partial charge in [-0.3, -0.25) is 4.79 Å². The molecule has 50 valence electrons. The van der Waals surface area contributed by atoms with Crippen LogP contribution in [0.5, 0.6) is 0 Å². The van der Waals surface area contributed by atoms with Crippen molar-refractivity contribution in [1.82, 2.24) is 0 Å². The molecular weight excluding hydrogens is 124 g/mol. The van der Waals surface area contributed by atoms with Gasteiger partial charge in [0.15, 0.2) is 0 Å². The van der Waals surface area contributed by atoms with E-state index in [1.165, 1.54) is 0 Å². The van der Waals surface area contributed by atoms with Crippen molar-refractivity contribution in [3.63, 3.8) is 0 Å². The summed E-state index contributed by atoms with van der Waals surface area (Å²) in [7, 11) is 0. The van der Waals surface area contributed by atoms with E-state index in [2.05, 4.69) is 0 Å². The molecule has 0 aliphatic rings. The fourth-order valence-corrected chi connectivity index (χ4v) is 0.964. The van der Waals surface area contributed by atoms with Gasteiger partial charge in [-0.1, -0.05) is 6.92 Å². The van der Waals surface area contributed by atoms with Crippen molar-refractivity contribution in [2.75, 3.05) is 12.0 Å². The molecule has 0 spiro atoms. The Hall–Kier alpha value is -0.180. The molecule has 0 rings (SSSR count). The van der Waals surface area contributed by atoms with Crippen molar-refractivity contribution < 1.29 is 11.3 Å². The molecule has 0 unspecified atom stereocenters. The molecule has 0 amide bonds. The highest BCUT2D eigenvalue weighted by molar-refractivity contribution is 7.98. The predicted molar refractivity (Wildman–Crippen MR) is 37.3 cm³/mol. The largest absolute Gasteiger partial charge is 0.481 e. The van der Waals surface area contributed by atoms with Crippen molar-refractivity contribution >= 4 is 17.7 Å². The Morgan fingerprint density at radius 1 is 2.00 bits per heavy atom. The molecule has 0 aromatic carbocycles. The van der Waals surface area contributed by atoms with E-state index in [1.54, 1.807) is 18.7 Å². The van der Waals surface area contributed by atoms with Crippen LogP contribution in [-0.2, 0) is 4.79 Å². The molecule has 3 heteroatoms. The van der Waals surface area contributed by atoms with Gasteiger partial charge in [0.25, 0.3) is 0 Å². The summed E-state index contributed by atoms with van der Waals surface area (Å²) in [5.41, 5.74) is 0. The lowest BCUT2D eigenvalue weighted by Crippen LogP contribution is -2.11. The lowest BCUT2D eigenvalue weighted by atomic mass is 10.2. The maximum absolute atomic E-state index is 10.1. The lowest BCUT2D eigenvalue weighted by molar-refractivity contribution is -0.140. The quantitative estimate of drug-likeness (QED) is 0.635. The van der Waals surface area contributed by atoms with Gasteiger partial charge < -0.3 is 5.11 Å². The highest BCUT2D eigenvalue weighted by atomic mass is 32.2. The maximum Gasteiger partial charge on any atom is 0.307 e. The Morgan fingerprint density at radius 3 is 2.62 bits per heavy atom. The molecule has 1 atom stereocenters. The summed E-state index contributed by atoms with van der Waals surface area (Å²) in [6.45, 7) is 1.71. The number of carboxylic acids is 1. The minimum atomic E-state index is -0.709. The van der Waals surface area contributed by atoms with Gasteiger partial charge >= 0.3 is 5.97 Å². The molecule has 8 heavy (non-hydrogen) atoms. The number of carbonyl (C=O) groups is 1. The average Bonchev–Trinajstić information content (AvgIpc) is 1.67. The maximum atomic E-state index is 10.1. The summed E-state index contributed by atoms with van der Waals surface area (Å²) >= 11 is 1.56. The van der Waals surface area contributed by atoms with Crippen LogP contribution in [0.2, 0.25) is 0 Å². The van der Waals surface area contributed by atoms with E-state index >= 15 is 0 Å². The minimum absolute atomic E-state index is 0. The second-order valence-electron chi connectivity index (χ2n) is 1.69. The van der Waals surface area contributed by atoms with Gasteiger partial charge in [0.05, 0.1) is 5.92 Å². The predicted octanol–water partition coefficient (Wildman–Crippen LogP) is 1.32. The van der Waals surface area contributed by atoms with Gasteiger partial charge in [-0.2, -0.15) is 11.8 Å². The standard InChI is InChI=1S/C5H10O2S.H2/c1-4(3-8-2)5(6)7;/h4H,3H2,1-2H3,(H,6,7);1H/t4-;/m0./s1. The third kappa shape index (κ3) is 2.91. The molecule has 0 saturated carbocycles. The molecule has 1 N–H and O–H groups in total. The summed E-state index contributed by atoms with van der Waals surface area (Å²) in [4.78, 5) is 10.1. The van der Waals surface area contributed by atoms with Crippen LogP contribution in [0.4, 0.5) is 0 Å². The Kier molecular flexibility index (Phi) is 3.69. The second-order valence-corrected chi connectivity index (χ2v) is 2.61. The summed E-state index contributed by atoms with van der Waals surface area (Å²) in [6.07, 6.45) is 1.90. The molecule has 0 aliphatic heterocycles. The van der Waals surface area contributed by atoms with E-state index in [4.69, 9.17) is 5.11 Å². The number of rotatable bonds is 3. The van der Waals surface area contributed by atoms with Crippen molar-refractivity contribution in [3.05, 3.63) is 0 Å². The van der Waals surface area contributed by atoms with Gasteiger partial charge in [-0.15, -0.1) is 0 Å². The van der Waals surface area contributed by atoms with Crippen molar-refractivity contribution in [2.45, 2.75) is 6.92 Å². The number of hydrogen-bond acceptors (Lipinski definition) is 2. The van der Waals surface area contributed by atoms with Crippen LogP contribution in [0.1, 0.15) is 8.35 Å². The van der Waals surface area contributed by atoms with E-state index < -0.39 is 5.97 Å². The highest BCUT2D eigenvalue weighted by Gasteiger charge is 2.07. The first-order valence-electron chi connectivity index (χ1n) is 2.40. The van der Waals surface area contributed by atoms with E-state index in [-0.39, 0.29) is 7.34 Å². The van der Waals surface area contributed by atoms with Crippen LogP contribution < -0.4 is 0 Å². The van der Waals surface area contributed by atoms with Gasteiger partial charge in [0.2, 0.25) is 0 Å². The Balaban J connectivity index is 0. The van der Waals surface area contributed by atoms with Crippen LogP contribution in [0.15, 0.2) is 0 Å². The van der Waals surface area contributed by atoms with E-state index in [0.717, 1.165) is 0 Å². The Morgan fingerprint density at radius 2 is 2.50 bits per heavy atom. The molecule has 0 bridgehead atoms. The van der Waals surface area contributed by atoms with Gasteiger partial charge in [-0.05, 0) is 6.26 Å². The third-order valence-electron chi connectivity index (χ3n) is 0.838. The molecule has 2 nitrogen and oxygen atoms in total. The highest BCUT2D eigenvalue weighted by Crippen LogP contribution is 2.02. The van der Waals surface area contributed by atoms with Crippen LogP contribution >= 0.6 is 11.8 Å². The number of carboxylic acid groups (broad SMARTS) is 1. The monoisotopic (exact) mass is 136 g/mol. The zero-order chi connectivity index (χ0) is 6.57. The van der Waals surface area contributed by atoms with E-state index in [9.17, 15) is 4.79 Å². The zero-order valence-electron chi connectivity index (χ0n) is 5.05. The fraction of sp³-hybridized carbons (Fsp3) is 0.800. The molecule has 0 fully saturated rings. The van der Waals surface area contributed by atoms with Gasteiger partial charge in [0, 0.05) is 7.18 Å². The van der Waals surface area contributed by atoms with Crippen molar-refractivity contribution in [3.8, 4) is 0 Å². The van der Waals surface area contributed by atoms with Crippen LogP contribution in [0, 0.1) is 5.92 Å². The first kappa shape index (κ1) is 7.82. The lowest BCUT2D eigenvalue weighted by Gasteiger charge is -1.99. The van der Waals surface area contributed by atoms with Gasteiger partial charge in [0.1, 0.15) is 0 Å². The van der Waals surface area contributed by atoms with Gasteiger partial charge in [-0.25, -0.2) is 0 Å². The molecule has 0 aromatic heterocycles. The first-order valence-corrected chi connectivity index (χ1v) is 3.79. The molecule has 0 aromatic rings. The SMILES string of the molecule is CSC[C@H](C)C(=O)O.[HH]. The van der Waals surface area contributed by atoms with Crippen molar-refractivity contribution in [2.24, 2.45) is 5.92 Å². The summed E-state index contributed by atoms with van der Waals surface area (Å²) in [5, 5.41) is 8.30. The summed E-state index contributed by atoms with van der Waals surface area (Å²) in [6, 6.07) is 0. The Labute approximate surface area is 54.8 Å². The number of hydrogen-bond donors (Lipinski definition) is 1.